The molecular formula is C15H21N2. The minimum Gasteiger partial charge on any atom is -0.371 e. The van der Waals surface area contributed by atoms with Crippen molar-refractivity contribution in [1.29, 1.82) is 5.41 Å². The van der Waals surface area contributed by atoms with Crippen molar-refractivity contribution in [3.8, 4) is 0 Å². The molecule has 0 aliphatic carbocycles. The van der Waals surface area contributed by atoms with Crippen molar-refractivity contribution in [2.75, 3.05) is 18.0 Å². The van der Waals surface area contributed by atoms with Gasteiger partial charge in [-0.1, -0.05) is 12.1 Å². The molecule has 1 fully saturated rings. The zero-order chi connectivity index (χ0) is 11.9. The van der Waals surface area contributed by atoms with Gasteiger partial charge >= 0.3 is 0 Å². The number of nitrogens with one attached hydrogen (secondary N) is 1. The number of unbranched alkanes of at least 4 members (excludes halogenated alkanes) is 1. The monoisotopic (exact) mass is 229 g/mol. The second-order valence-electron chi connectivity index (χ2n) is 4.85. The number of hydrogen-bond donors (Lipinski definition) is 1. The van der Waals surface area contributed by atoms with Crippen LogP contribution in [0.5, 0.6) is 0 Å². The van der Waals surface area contributed by atoms with Crippen LogP contribution >= 0.6 is 0 Å². The van der Waals surface area contributed by atoms with Crippen molar-refractivity contribution < 1.29 is 0 Å². The first-order chi connectivity index (χ1) is 8.40. The van der Waals surface area contributed by atoms with Crippen LogP contribution in [0.1, 0.15) is 32.1 Å². The first-order valence-corrected chi connectivity index (χ1v) is 6.60. The van der Waals surface area contributed by atoms with Crippen LogP contribution in [0.4, 0.5) is 5.69 Å². The van der Waals surface area contributed by atoms with Gasteiger partial charge in [0.15, 0.2) is 0 Å². The molecule has 1 aliphatic rings. The van der Waals surface area contributed by atoms with E-state index in [-0.39, 0.29) is 0 Å². The maximum absolute atomic E-state index is 7.06. The van der Waals surface area contributed by atoms with E-state index in [1.807, 2.05) is 12.1 Å². The Morgan fingerprint density at radius 1 is 1.41 bits per heavy atom. The molecule has 91 valence electrons. The van der Waals surface area contributed by atoms with Crippen molar-refractivity contribution in [3.05, 3.63) is 30.3 Å². The molecule has 17 heavy (non-hydrogen) atoms. The second-order valence-corrected chi connectivity index (χ2v) is 4.85. The van der Waals surface area contributed by atoms with E-state index < -0.39 is 0 Å². The van der Waals surface area contributed by atoms with Crippen molar-refractivity contribution in [2.24, 2.45) is 5.92 Å². The third-order valence-corrected chi connectivity index (χ3v) is 3.55. The number of benzene rings is 1. The Morgan fingerprint density at radius 3 is 3.00 bits per heavy atom. The molecule has 1 saturated heterocycles. The highest BCUT2D eigenvalue weighted by Gasteiger charge is 2.19. The highest BCUT2D eigenvalue weighted by atomic mass is 15.1. The van der Waals surface area contributed by atoms with Crippen molar-refractivity contribution in [1.82, 2.24) is 0 Å². The highest BCUT2D eigenvalue weighted by molar-refractivity contribution is 5.52. The average Bonchev–Trinajstić information content (AvgIpc) is 2.41. The van der Waals surface area contributed by atoms with Gasteiger partial charge in [0.05, 0.1) is 0 Å². The molecule has 1 atom stereocenters. The molecule has 1 heterocycles. The number of piperidine rings is 1. The van der Waals surface area contributed by atoms with Crippen molar-refractivity contribution in [3.63, 3.8) is 0 Å². The molecule has 2 heteroatoms. The summed E-state index contributed by atoms with van der Waals surface area (Å²) in [6.07, 6.45) is 7.57. The van der Waals surface area contributed by atoms with E-state index in [2.05, 4.69) is 23.1 Å². The molecule has 0 spiro atoms. The van der Waals surface area contributed by atoms with Crippen molar-refractivity contribution >= 4 is 11.9 Å². The molecule has 1 aromatic carbocycles. The fourth-order valence-electron chi connectivity index (χ4n) is 2.63. The van der Waals surface area contributed by atoms with E-state index in [4.69, 9.17) is 5.41 Å². The summed E-state index contributed by atoms with van der Waals surface area (Å²) in [5.74, 6) is 0.813. The third-order valence-electron chi connectivity index (χ3n) is 3.55. The molecule has 0 bridgehead atoms. The average molecular weight is 229 g/mol. The van der Waals surface area contributed by atoms with Crippen LogP contribution < -0.4 is 4.90 Å². The van der Waals surface area contributed by atoms with E-state index in [1.165, 1.54) is 50.7 Å². The molecular weight excluding hydrogens is 208 g/mol. The first kappa shape index (κ1) is 12.2. The summed E-state index contributed by atoms with van der Waals surface area (Å²) in [6.45, 7) is 2.37. The third kappa shape index (κ3) is 3.58. The predicted molar refractivity (Wildman–Crippen MR) is 72.8 cm³/mol. The van der Waals surface area contributed by atoms with Crippen LogP contribution in [-0.2, 0) is 0 Å². The smallest absolute Gasteiger partial charge is 0.0366 e. The number of hydrogen-bond acceptors (Lipinski definition) is 2. The van der Waals surface area contributed by atoms with Gasteiger partial charge < -0.3 is 10.3 Å². The SMILES string of the molecule is N=CCCCC1CCCN(c2cc[c]cc2)C1. The fourth-order valence-corrected chi connectivity index (χ4v) is 2.63. The van der Waals surface area contributed by atoms with E-state index in [1.54, 1.807) is 0 Å². The Kier molecular flexibility index (Phi) is 4.60. The summed E-state index contributed by atoms with van der Waals surface area (Å²) in [5, 5.41) is 7.06. The Morgan fingerprint density at radius 2 is 2.24 bits per heavy atom. The lowest BCUT2D eigenvalue weighted by Crippen LogP contribution is -2.35. The maximum Gasteiger partial charge on any atom is 0.0366 e. The lowest BCUT2D eigenvalue weighted by molar-refractivity contribution is 0.385. The van der Waals surface area contributed by atoms with Gasteiger partial charge in [-0.15, -0.1) is 0 Å². The highest BCUT2D eigenvalue weighted by Crippen LogP contribution is 2.25. The van der Waals surface area contributed by atoms with Gasteiger partial charge in [0.1, 0.15) is 0 Å². The summed E-state index contributed by atoms with van der Waals surface area (Å²) < 4.78 is 0. The van der Waals surface area contributed by atoms with E-state index in [9.17, 15) is 0 Å². The molecule has 2 nitrogen and oxygen atoms in total. The summed E-state index contributed by atoms with van der Waals surface area (Å²) in [4.78, 5) is 2.49. The van der Waals surface area contributed by atoms with Crippen LogP contribution in [0, 0.1) is 17.4 Å². The summed E-state index contributed by atoms with van der Waals surface area (Å²) in [6, 6.07) is 11.4. The summed E-state index contributed by atoms with van der Waals surface area (Å²) >= 11 is 0. The maximum atomic E-state index is 7.06. The molecule has 1 aliphatic heterocycles. The summed E-state index contributed by atoms with van der Waals surface area (Å²) in [7, 11) is 0. The van der Waals surface area contributed by atoms with Gasteiger partial charge in [0, 0.05) is 18.8 Å². The molecule has 1 aromatic rings. The van der Waals surface area contributed by atoms with Gasteiger partial charge in [0.25, 0.3) is 0 Å². The first-order valence-electron chi connectivity index (χ1n) is 6.60. The number of nitrogens with zero attached hydrogens (tertiary/aromatic N) is 1. The van der Waals surface area contributed by atoms with Crippen LogP contribution in [0.2, 0.25) is 0 Å². The Hall–Kier alpha value is -1.31. The minimum absolute atomic E-state index is 0.813. The lowest BCUT2D eigenvalue weighted by atomic mass is 9.92. The number of rotatable bonds is 5. The van der Waals surface area contributed by atoms with Crippen LogP contribution in [-0.4, -0.2) is 19.3 Å². The molecule has 2 rings (SSSR count). The largest absolute Gasteiger partial charge is 0.371 e. The van der Waals surface area contributed by atoms with Gasteiger partial charge in [-0.3, -0.25) is 0 Å². The van der Waals surface area contributed by atoms with Crippen LogP contribution in [0.15, 0.2) is 24.3 Å². The Balaban J connectivity index is 1.86. The molecule has 0 amide bonds. The Bertz CT molecular complexity index is 334. The van der Waals surface area contributed by atoms with Gasteiger partial charge in [-0.25, -0.2) is 0 Å². The predicted octanol–water partition coefficient (Wildman–Crippen LogP) is 3.52. The molecule has 0 saturated carbocycles. The second kappa shape index (κ2) is 6.43. The fraction of sp³-hybridized carbons (Fsp3) is 0.533. The molecule has 1 unspecified atom stereocenters. The Labute approximate surface area is 104 Å². The minimum atomic E-state index is 0.813. The normalized spacial score (nSPS) is 20.2. The summed E-state index contributed by atoms with van der Waals surface area (Å²) in [5.41, 5.74) is 1.33. The quantitative estimate of drug-likeness (QED) is 0.607. The lowest BCUT2D eigenvalue weighted by Gasteiger charge is -2.34. The van der Waals surface area contributed by atoms with Gasteiger partial charge in [-0.2, -0.15) is 0 Å². The zero-order valence-corrected chi connectivity index (χ0v) is 10.4. The molecule has 0 aromatic heterocycles. The number of anilines is 1. The van der Waals surface area contributed by atoms with Crippen molar-refractivity contribution in [2.45, 2.75) is 32.1 Å². The molecule has 1 radical (unpaired) electrons. The molecule has 1 N–H and O–H groups in total. The van der Waals surface area contributed by atoms with E-state index >= 15 is 0 Å². The topological polar surface area (TPSA) is 27.1 Å². The van der Waals surface area contributed by atoms with E-state index in [0.717, 1.165) is 12.3 Å². The van der Waals surface area contributed by atoms with Gasteiger partial charge in [0.2, 0.25) is 0 Å². The zero-order valence-electron chi connectivity index (χ0n) is 10.4. The van der Waals surface area contributed by atoms with Gasteiger partial charge in [-0.05, 0) is 62.4 Å². The van der Waals surface area contributed by atoms with Crippen LogP contribution in [0.25, 0.3) is 0 Å². The van der Waals surface area contributed by atoms with E-state index in [0.29, 0.717) is 0 Å². The standard InChI is InChI=1S/C15H21N2/c16-11-5-4-7-14-8-6-12-17(13-14)15-9-2-1-3-10-15/h2-3,9-11,14,16H,4-8,12-13H2. The van der Waals surface area contributed by atoms with Crippen LogP contribution in [0.3, 0.4) is 0 Å².